The quantitative estimate of drug-likeness (QED) is 0.648. The Morgan fingerprint density at radius 2 is 1.80 bits per heavy atom. The zero-order chi connectivity index (χ0) is 22.5. The Kier molecular flexibility index (Phi) is 7.63. The van der Waals surface area contributed by atoms with Gasteiger partial charge in [0.05, 0.1) is 25.9 Å². The van der Waals surface area contributed by atoms with E-state index in [4.69, 9.17) is 9.47 Å². The van der Waals surface area contributed by atoms with Crippen LogP contribution in [0.2, 0.25) is 0 Å². The highest BCUT2D eigenvalue weighted by Gasteiger charge is 2.29. The maximum absolute atomic E-state index is 14.3. The summed E-state index contributed by atoms with van der Waals surface area (Å²) in [4.78, 5) is 12.7. The Morgan fingerprint density at radius 1 is 1.13 bits per heavy atom. The van der Waals surface area contributed by atoms with E-state index >= 15 is 0 Å². The fourth-order valence-corrected chi connectivity index (χ4v) is 3.89. The summed E-state index contributed by atoms with van der Waals surface area (Å²) >= 11 is 0. The number of amides is 1. The van der Waals surface area contributed by atoms with Crippen molar-refractivity contribution >= 4 is 21.8 Å². The number of benzene rings is 2. The minimum atomic E-state index is -4.11. The zero-order valence-corrected chi connectivity index (χ0v) is 18.4. The molecule has 30 heavy (non-hydrogen) atoms. The van der Waals surface area contributed by atoms with Gasteiger partial charge in [0.2, 0.25) is 5.91 Å². The molecule has 0 aromatic heterocycles. The van der Waals surface area contributed by atoms with Gasteiger partial charge in [-0.05, 0) is 37.3 Å². The van der Waals surface area contributed by atoms with Crippen molar-refractivity contribution in [3.05, 3.63) is 53.8 Å². The van der Waals surface area contributed by atoms with Crippen LogP contribution in [0.15, 0.2) is 42.5 Å². The van der Waals surface area contributed by atoms with Gasteiger partial charge in [0.25, 0.3) is 0 Å². The predicted octanol–water partition coefficient (Wildman–Crippen LogP) is 2.33. The molecule has 0 saturated carbocycles. The molecule has 0 aliphatic heterocycles. The fourth-order valence-electron chi connectivity index (χ4n) is 2.82. The summed E-state index contributed by atoms with van der Waals surface area (Å²) in [5.74, 6) is -0.246. The number of methoxy groups -OCH3 is 2. The number of para-hydroxylation sites is 1. The monoisotopic (exact) mass is 439 g/mol. The summed E-state index contributed by atoms with van der Waals surface area (Å²) in [6.07, 6.45) is 0. The maximum atomic E-state index is 14.3. The standard InChI is InChI=1S/C20H26FN3O5S/c1-14(16-12-15(28-4)10-11-19(16)29-5)22-20(25)13-24(30(26,27)23(2)3)18-9-7-6-8-17(18)21/h6-12,14H,13H2,1-5H3,(H,22,25)/t14-/m0/s1. The molecule has 0 saturated heterocycles. The summed E-state index contributed by atoms with van der Waals surface area (Å²) in [6, 6.07) is 10.0. The van der Waals surface area contributed by atoms with Crippen molar-refractivity contribution in [1.82, 2.24) is 9.62 Å². The molecule has 2 rings (SSSR count). The first-order valence-electron chi connectivity index (χ1n) is 9.07. The van der Waals surface area contributed by atoms with Crippen LogP contribution in [0.4, 0.5) is 10.1 Å². The number of hydrogen-bond donors (Lipinski definition) is 1. The summed E-state index contributed by atoms with van der Waals surface area (Å²) in [5.41, 5.74) is 0.436. The van der Waals surface area contributed by atoms with Gasteiger partial charge >= 0.3 is 10.2 Å². The van der Waals surface area contributed by atoms with Crippen LogP contribution < -0.4 is 19.1 Å². The van der Waals surface area contributed by atoms with Crippen LogP contribution in [0.3, 0.4) is 0 Å². The Bertz CT molecular complexity index is 998. The molecule has 0 heterocycles. The van der Waals surface area contributed by atoms with Crippen LogP contribution in [0.1, 0.15) is 18.5 Å². The van der Waals surface area contributed by atoms with Gasteiger partial charge in [0.15, 0.2) is 0 Å². The molecule has 0 radical (unpaired) electrons. The number of ether oxygens (including phenoxy) is 2. The number of hydrogen-bond acceptors (Lipinski definition) is 5. The highest BCUT2D eigenvalue weighted by Crippen LogP contribution is 2.29. The van der Waals surface area contributed by atoms with Crippen LogP contribution in [0.25, 0.3) is 0 Å². The lowest BCUT2D eigenvalue weighted by atomic mass is 10.1. The first kappa shape index (κ1) is 23.4. The van der Waals surface area contributed by atoms with E-state index in [0.29, 0.717) is 17.1 Å². The van der Waals surface area contributed by atoms with Gasteiger partial charge in [-0.2, -0.15) is 12.7 Å². The van der Waals surface area contributed by atoms with Crippen molar-refractivity contribution in [1.29, 1.82) is 0 Å². The van der Waals surface area contributed by atoms with Crippen molar-refractivity contribution in [2.24, 2.45) is 0 Å². The second-order valence-electron chi connectivity index (χ2n) is 6.65. The lowest BCUT2D eigenvalue weighted by Crippen LogP contribution is -2.46. The number of anilines is 1. The molecule has 0 aliphatic carbocycles. The molecule has 164 valence electrons. The molecule has 2 aromatic carbocycles. The van der Waals surface area contributed by atoms with Gasteiger partial charge in [0, 0.05) is 19.7 Å². The molecule has 8 nitrogen and oxygen atoms in total. The zero-order valence-electron chi connectivity index (χ0n) is 17.5. The average molecular weight is 440 g/mol. The van der Waals surface area contributed by atoms with Gasteiger partial charge in [-0.25, -0.2) is 8.70 Å². The molecule has 0 bridgehead atoms. The lowest BCUT2D eigenvalue weighted by Gasteiger charge is -2.28. The molecule has 1 atom stereocenters. The maximum Gasteiger partial charge on any atom is 0.304 e. The van der Waals surface area contributed by atoms with Crippen molar-refractivity contribution in [3.63, 3.8) is 0 Å². The highest BCUT2D eigenvalue weighted by molar-refractivity contribution is 7.90. The molecule has 1 amide bonds. The van der Waals surface area contributed by atoms with Crippen LogP contribution >= 0.6 is 0 Å². The number of carbonyl (C=O) groups excluding carboxylic acids is 1. The van der Waals surface area contributed by atoms with E-state index < -0.39 is 34.5 Å². The van der Waals surface area contributed by atoms with Crippen LogP contribution in [-0.4, -0.2) is 53.5 Å². The van der Waals surface area contributed by atoms with Crippen LogP contribution in [0.5, 0.6) is 11.5 Å². The van der Waals surface area contributed by atoms with E-state index in [0.717, 1.165) is 14.7 Å². The molecular weight excluding hydrogens is 413 g/mol. The lowest BCUT2D eigenvalue weighted by molar-refractivity contribution is -0.120. The van der Waals surface area contributed by atoms with E-state index in [9.17, 15) is 17.6 Å². The van der Waals surface area contributed by atoms with E-state index in [1.807, 2.05) is 0 Å². The molecule has 2 aromatic rings. The smallest absolute Gasteiger partial charge is 0.304 e. The number of carbonyl (C=O) groups is 1. The molecule has 10 heteroatoms. The van der Waals surface area contributed by atoms with Gasteiger partial charge in [-0.1, -0.05) is 12.1 Å². The SMILES string of the molecule is COc1ccc(OC)c([C@H](C)NC(=O)CN(c2ccccc2F)S(=O)(=O)N(C)C)c1. The number of nitrogens with zero attached hydrogens (tertiary/aromatic N) is 2. The minimum Gasteiger partial charge on any atom is -0.497 e. The Hall–Kier alpha value is -2.85. The Labute approximate surface area is 176 Å². The van der Waals surface area contributed by atoms with Crippen molar-refractivity contribution in [2.75, 3.05) is 39.2 Å². The number of halogens is 1. The molecule has 0 unspecified atom stereocenters. The summed E-state index contributed by atoms with van der Waals surface area (Å²) in [7, 11) is 1.53. The second-order valence-corrected chi connectivity index (χ2v) is 8.71. The number of nitrogens with one attached hydrogen (secondary N) is 1. The van der Waals surface area contributed by atoms with Crippen molar-refractivity contribution in [3.8, 4) is 11.5 Å². The van der Waals surface area contributed by atoms with Gasteiger partial charge in [-0.3, -0.25) is 4.79 Å². The van der Waals surface area contributed by atoms with E-state index in [1.165, 1.54) is 46.5 Å². The summed E-state index contributed by atoms with van der Waals surface area (Å²) < 4.78 is 52.0. The fraction of sp³-hybridized carbons (Fsp3) is 0.350. The van der Waals surface area contributed by atoms with E-state index in [1.54, 1.807) is 25.1 Å². The Balaban J connectivity index is 2.30. The predicted molar refractivity (Wildman–Crippen MR) is 112 cm³/mol. The van der Waals surface area contributed by atoms with Crippen molar-refractivity contribution in [2.45, 2.75) is 13.0 Å². The first-order valence-corrected chi connectivity index (χ1v) is 10.5. The molecule has 0 spiro atoms. The topological polar surface area (TPSA) is 88.2 Å². The normalized spacial score (nSPS) is 12.4. The Morgan fingerprint density at radius 3 is 2.37 bits per heavy atom. The second kappa shape index (κ2) is 9.77. The van der Waals surface area contributed by atoms with Gasteiger partial charge in [-0.15, -0.1) is 0 Å². The molecule has 1 N–H and O–H groups in total. The minimum absolute atomic E-state index is 0.215. The molecular formula is C20H26FN3O5S. The van der Waals surface area contributed by atoms with E-state index in [-0.39, 0.29) is 5.69 Å². The molecule has 0 aliphatic rings. The van der Waals surface area contributed by atoms with E-state index in [2.05, 4.69) is 5.32 Å². The third-order valence-electron chi connectivity index (χ3n) is 4.43. The number of rotatable bonds is 9. The average Bonchev–Trinajstić information content (AvgIpc) is 2.71. The van der Waals surface area contributed by atoms with Crippen LogP contribution in [-0.2, 0) is 15.0 Å². The largest absolute Gasteiger partial charge is 0.497 e. The third-order valence-corrected chi connectivity index (χ3v) is 6.23. The van der Waals surface area contributed by atoms with Gasteiger partial charge < -0.3 is 14.8 Å². The highest BCUT2D eigenvalue weighted by atomic mass is 32.2. The van der Waals surface area contributed by atoms with Crippen molar-refractivity contribution < 1.29 is 27.1 Å². The third kappa shape index (κ3) is 5.19. The first-order chi connectivity index (χ1) is 14.1. The summed E-state index contributed by atoms with van der Waals surface area (Å²) in [6.45, 7) is 1.13. The summed E-state index contributed by atoms with van der Waals surface area (Å²) in [5, 5.41) is 2.73. The van der Waals surface area contributed by atoms with Crippen LogP contribution in [0, 0.1) is 5.82 Å². The molecule has 0 fully saturated rings. The van der Waals surface area contributed by atoms with Gasteiger partial charge in [0.1, 0.15) is 23.9 Å².